The van der Waals surface area contributed by atoms with Crippen LogP contribution in [0.1, 0.15) is 22.7 Å². The van der Waals surface area contributed by atoms with Gasteiger partial charge in [0.2, 0.25) is 0 Å². The smallest absolute Gasteiger partial charge is 0.294 e. The zero-order valence-electron chi connectivity index (χ0n) is 16.8. The van der Waals surface area contributed by atoms with E-state index in [0.29, 0.717) is 5.69 Å². The number of aliphatic hydroxyl groups excluding tert-OH is 1. The number of aryl methyl sites for hydroxylation is 1. The van der Waals surface area contributed by atoms with Crippen LogP contribution in [-0.4, -0.2) is 16.8 Å². The highest BCUT2D eigenvalue weighted by atomic mass is 79.9. The molecule has 0 aromatic heterocycles. The number of rotatable bonds is 5. The molecule has 0 unspecified atom stereocenters. The molecule has 4 nitrogen and oxygen atoms in total. The fraction of sp³-hybridized carbons (Fsp3) is 0.0769. The van der Waals surface area contributed by atoms with E-state index in [1.165, 1.54) is 11.0 Å². The highest BCUT2D eigenvalue weighted by Crippen LogP contribution is 2.41. The van der Waals surface area contributed by atoms with Crippen LogP contribution >= 0.6 is 15.9 Å². The molecule has 1 aliphatic rings. The molecule has 4 rings (SSSR count). The van der Waals surface area contributed by atoms with Gasteiger partial charge < -0.3 is 5.11 Å². The van der Waals surface area contributed by atoms with E-state index in [4.69, 9.17) is 0 Å². The molecule has 3 aromatic rings. The summed E-state index contributed by atoms with van der Waals surface area (Å²) in [6, 6.07) is 23.5. The lowest BCUT2D eigenvalue weighted by Crippen LogP contribution is -2.30. The minimum absolute atomic E-state index is 0.0704. The number of hydrogen-bond donors (Lipinski definition) is 1. The molecular formula is C26H20BrNO3. The summed E-state index contributed by atoms with van der Waals surface area (Å²) in [4.78, 5) is 27.7. The third-order valence-corrected chi connectivity index (χ3v) is 5.69. The lowest BCUT2D eigenvalue weighted by molar-refractivity contribution is -0.117. The van der Waals surface area contributed by atoms with E-state index < -0.39 is 23.5 Å². The van der Waals surface area contributed by atoms with Crippen LogP contribution in [0.3, 0.4) is 0 Å². The molecule has 0 radical (unpaired) electrons. The Hall–Kier alpha value is -3.44. The van der Waals surface area contributed by atoms with Gasteiger partial charge in [-0.1, -0.05) is 76.6 Å². The van der Waals surface area contributed by atoms with Crippen LogP contribution < -0.4 is 4.90 Å². The van der Waals surface area contributed by atoms with Crippen molar-refractivity contribution in [2.75, 3.05) is 4.90 Å². The van der Waals surface area contributed by atoms with Crippen molar-refractivity contribution in [3.63, 3.8) is 0 Å². The average Bonchev–Trinajstić information content (AvgIpc) is 3.04. The number of carbonyl (C=O) groups is 2. The van der Waals surface area contributed by atoms with Gasteiger partial charge in [-0.25, -0.2) is 0 Å². The summed E-state index contributed by atoms with van der Waals surface area (Å²) in [5, 5.41) is 10.7. The Balaban J connectivity index is 1.79. The van der Waals surface area contributed by atoms with Gasteiger partial charge in [0, 0.05) is 10.2 Å². The second-order valence-corrected chi connectivity index (χ2v) is 8.25. The summed E-state index contributed by atoms with van der Waals surface area (Å²) in [7, 11) is 0. The topological polar surface area (TPSA) is 57.6 Å². The van der Waals surface area contributed by atoms with Gasteiger partial charge in [0.25, 0.3) is 5.91 Å². The first-order valence-electron chi connectivity index (χ1n) is 9.82. The molecule has 0 aliphatic carbocycles. The Kier molecular flexibility index (Phi) is 5.87. The number of benzene rings is 3. The summed E-state index contributed by atoms with van der Waals surface area (Å²) >= 11 is 3.42. The fourth-order valence-electron chi connectivity index (χ4n) is 3.69. The maximum Gasteiger partial charge on any atom is 0.294 e. The minimum Gasteiger partial charge on any atom is -0.503 e. The first kappa shape index (κ1) is 20.8. The maximum absolute atomic E-state index is 13.2. The molecular weight excluding hydrogens is 454 g/mol. The summed E-state index contributed by atoms with van der Waals surface area (Å²) in [6.45, 7) is 1.93. The third-order valence-electron chi connectivity index (χ3n) is 5.17. The number of ketones is 1. The highest BCUT2D eigenvalue weighted by molar-refractivity contribution is 9.10. The predicted molar refractivity (Wildman–Crippen MR) is 126 cm³/mol. The minimum atomic E-state index is -0.727. The van der Waals surface area contributed by atoms with Crippen LogP contribution in [0.15, 0.2) is 101 Å². The summed E-state index contributed by atoms with van der Waals surface area (Å²) in [5.74, 6) is -1.51. The SMILES string of the molecule is Cc1cccc(N2C(=O)C(O)=C(C(=O)/C=C/c3ccccc3)[C@@H]2c2ccc(Br)cc2)c1. The van der Waals surface area contributed by atoms with Gasteiger partial charge in [0.1, 0.15) is 0 Å². The lowest BCUT2D eigenvalue weighted by Gasteiger charge is -2.27. The van der Waals surface area contributed by atoms with Crippen LogP contribution in [0.5, 0.6) is 0 Å². The molecule has 0 saturated carbocycles. The highest BCUT2D eigenvalue weighted by Gasteiger charge is 2.43. The molecule has 1 atom stereocenters. The summed E-state index contributed by atoms with van der Waals surface area (Å²) < 4.78 is 0.882. The number of halogens is 1. The van der Waals surface area contributed by atoms with Crippen molar-refractivity contribution in [2.24, 2.45) is 0 Å². The predicted octanol–water partition coefficient (Wildman–Crippen LogP) is 5.94. The van der Waals surface area contributed by atoms with Gasteiger partial charge in [-0.2, -0.15) is 0 Å². The maximum atomic E-state index is 13.2. The van der Waals surface area contributed by atoms with Crippen LogP contribution in [-0.2, 0) is 9.59 Å². The van der Waals surface area contributed by atoms with Crippen molar-refractivity contribution >= 4 is 39.4 Å². The van der Waals surface area contributed by atoms with E-state index in [0.717, 1.165) is 21.2 Å². The van der Waals surface area contributed by atoms with Gasteiger partial charge in [-0.3, -0.25) is 14.5 Å². The number of allylic oxidation sites excluding steroid dienone is 1. The van der Waals surface area contributed by atoms with Crippen LogP contribution in [0, 0.1) is 6.92 Å². The first-order chi connectivity index (χ1) is 15.0. The summed E-state index contributed by atoms with van der Waals surface area (Å²) in [6.07, 6.45) is 3.08. The first-order valence-corrected chi connectivity index (χ1v) is 10.6. The quantitative estimate of drug-likeness (QED) is 0.466. The van der Waals surface area contributed by atoms with Crippen molar-refractivity contribution in [2.45, 2.75) is 13.0 Å². The molecule has 0 spiro atoms. The number of anilines is 1. The van der Waals surface area contributed by atoms with E-state index in [1.54, 1.807) is 12.1 Å². The van der Waals surface area contributed by atoms with Gasteiger partial charge in [0.05, 0.1) is 11.6 Å². The second kappa shape index (κ2) is 8.74. The van der Waals surface area contributed by atoms with Crippen LogP contribution in [0.2, 0.25) is 0 Å². The van der Waals surface area contributed by atoms with E-state index in [9.17, 15) is 14.7 Å². The zero-order chi connectivity index (χ0) is 22.0. The van der Waals surface area contributed by atoms with Gasteiger partial charge in [0.15, 0.2) is 11.5 Å². The second-order valence-electron chi connectivity index (χ2n) is 7.34. The summed E-state index contributed by atoms with van der Waals surface area (Å²) in [5.41, 5.74) is 3.26. The molecule has 1 heterocycles. The Bertz CT molecular complexity index is 1200. The molecule has 154 valence electrons. The Morgan fingerprint density at radius 2 is 1.71 bits per heavy atom. The fourth-order valence-corrected chi connectivity index (χ4v) is 3.95. The average molecular weight is 474 g/mol. The number of amides is 1. The molecule has 5 heteroatoms. The zero-order valence-corrected chi connectivity index (χ0v) is 18.4. The number of aliphatic hydroxyl groups is 1. The molecule has 1 aliphatic heterocycles. The van der Waals surface area contributed by atoms with Gasteiger partial charge in [-0.05, 0) is 54.0 Å². The number of carbonyl (C=O) groups excluding carboxylic acids is 2. The van der Waals surface area contributed by atoms with Crippen molar-refractivity contribution in [1.29, 1.82) is 0 Å². The lowest BCUT2D eigenvalue weighted by atomic mass is 9.95. The molecule has 0 saturated heterocycles. The monoisotopic (exact) mass is 473 g/mol. The molecule has 0 fully saturated rings. The number of hydrogen-bond acceptors (Lipinski definition) is 3. The largest absolute Gasteiger partial charge is 0.503 e. The van der Waals surface area contributed by atoms with E-state index in [1.807, 2.05) is 79.7 Å². The van der Waals surface area contributed by atoms with Crippen LogP contribution in [0.25, 0.3) is 6.08 Å². The normalized spacial score (nSPS) is 16.4. The standard InChI is InChI=1S/C26H20BrNO3/c1-17-6-5-9-21(16-17)28-24(19-11-13-20(27)14-12-19)23(25(30)26(28)31)22(29)15-10-18-7-3-2-4-8-18/h2-16,24,30H,1H3/b15-10+/t24-/m0/s1. The third kappa shape index (κ3) is 4.23. The molecule has 3 aromatic carbocycles. The molecule has 0 bridgehead atoms. The Labute approximate surface area is 189 Å². The van der Waals surface area contributed by atoms with E-state index in [2.05, 4.69) is 15.9 Å². The molecule has 31 heavy (non-hydrogen) atoms. The number of nitrogens with zero attached hydrogens (tertiary/aromatic N) is 1. The van der Waals surface area contributed by atoms with Gasteiger partial charge >= 0.3 is 0 Å². The Morgan fingerprint density at radius 1 is 1.00 bits per heavy atom. The Morgan fingerprint density at radius 3 is 2.39 bits per heavy atom. The van der Waals surface area contributed by atoms with Gasteiger partial charge in [-0.15, -0.1) is 0 Å². The van der Waals surface area contributed by atoms with Crippen molar-refractivity contribution in [1.82, 2.24) is 0 Å². The van der Waals surface area contributed by atoms with Crippen LogP contribution in [0.4, 0.5) is 5.69 Å². The van der Waals surface area contributed by atoms with Crippen molar-refractivity contribution in [3.8, 4) is 0 Å². The van der Waals surface area contributed by atoms with Crippen molar-refractivity contribution < 1.29 is 14.7 Å². The van der Waals surface area contributed by atoms with E-state index >= 15 is 0 Å². The molecule has 1 amide bonds. The van der Waals surface area contributed by atoms with E-state index in [-0.39, 0.29) is 5.57 Å². The van der Waals surface area contributed by atoms with Crippen molar-refractivity contribution in [3.05, 3.63) is 117 Å². The molecule has 1 N–H and O–H groups in total.